The molecular formula is C20H16N4O5S2. The number of carbonyl (C=O) groups is 3. The van der Waals surface area contributed by atoms with Crippen molar-refractivity contribution in [2.45, 2.75) is 11.4 Å². The van der Waals surface area contributed by atoms with E-state index in [4.69, 9.17) is 5.14 Å². The maximum Gasteiger partial charge on any atom is 0.268 e. The van der Waals surface area contributed by atoms with E-state index in [9.17, 15) is 22.8 Å². The van der Waals surface area contributed by atoms with Gasteiger partial charge in [0.2, 0.25) is 10.0 Å². The first-order chi connectivity index (χ1) is 14.7. The molecule has 3 amide bonds. The number of nitrogens with zero attached hydrogens (tertiary/aromatic N) is 3. The fraction of sp³-hybridized carbons (Fsp3) is 0.100. The molecule has 0 fully saturated rings. The summed E-state index contributed by atoms with van der Waals surface area (Å²) in [6.07, 6.45) is 1.60. The van der Waals surface area contributed by atoms with Crippen molar-refractivity contribution in [3.63, 3.8) is 0 Å². The number of fused-ring (bicyclic) bond motifs is 2. The first-order valence-corrected chi connectivity index (χ1v) is 11.4. The highest BCUT2D eigenvalue weighted by molar-refractivity contribution is 7.89. The van der Waals surface area contributed by atoms with Crippen LogP contribution in [-0.2, 0) is 21.4 Å². The van der Waals surface area contributed by atoms with Crippen LogP contribution in [0, 0.1) is 0 Å². The van der Waals surface area contributed by atoms with Crippen LogP contribution in [0.1, 0.15) is 20.7 Å². The van der Waals surface area contributed by atoms with Crippen LogP contribution < -0.4 is 9.94 Å². The zero-order valence-electron chi connectivity index (χ0n) is 16.0. The van der Waals surface area contributed by atoms with Crippen LogP contribution in [0.3, 0.4) is 0 Å². The highest BCUT2D eigenvalue weighted by atomic mass is 32.2. The van der Waals surface area contributed by atoms with Gasteiger partial charge in [0.25, 0.3) is 17.7 Å². The van der Waals surface area contributed by atoms with Gasteiger partial charge in [-0.15, -0.1) is 6.58 Å². The smallest absolute Gasteiger partial charge is 0.268 e. The van der Waals surface area contributed by atoms with Crippen LogP contribution >= 0.6 is 11.3 Å². The van der Waals surface area contributed by atoms with E-state index in [0.29, 0.717) is 16.8 Å². The Morgan fingerprint density at radius 1 is 1.13 bits per heavy atom. The predicted octanol–water partition coefficient (Wildman–Crippen LogP) is 1.26. The third-order valence-electron chi connectivity index (χ3n) is 4.69. The summed E-state index contributed by atoms with van der Waals surface area (Å²) in [5.74, 6) is -1.78. The molecule has 9 nitrogen and oxygen atoms in total. The van der Waals surface area contributed by atoms with Gasteiger partial charge in [-0.05, 0) is 30.3 Å². The Bertz CT molecular complexity index is 1410. The summed E-state index contributed by atoms with van der Waals surface area (Å²) in [5, 5.41) is 5.19. The number of primary sulfonamides is 1. The summed E-state index contributed by atoms with van der Waals surface area (Å²) < 4.78 is 25.5. The van der Waals surface area contributed by atoms with E-state index in [0.717, 1.165) is 16.2 Å². The van der Waals surface area contributed by atoms with Gasteiger partial charge in [0.15, 0.2) is 4.80 Å². The molecule has 31 heavy (non-hydrogen) atoms. The Kier molecular flexibility index (Phi) is 5.17. The van der Waals surface area contributed by atoms with E-state index in [-0.39, 0.29) is 20.8 Å². The van der Waals surface area contributed by atoms with Crippen molar-refractivity contribution in [1.82, 2.24) is 9.47 Å². The minimum atomic E-state index is -3.89. The molecule has 0 radical (unpaired) electrons. The van der Waals surface area contributed by atoms with Crippen LogP contribution in [0.2, 0.25) is 0 Å². The van der Waals surface area contributed by atoms with E-state index in [1.54, 1.807) is 28.8 Å². The predicted molar refractivity (Wildman–Crippen MR) is 114 cm³/mol. The van der Waals surface area contributed by atoms with Gasteiger partial charge in [0, 0.05) is 6.54 Å². The molecule has 2 N–H and O–H groups in total. The van der Waals surface area contributed by atoms with Crippen molar-refractivity contribution in [3.8, 4) is 0 Å². The Hall–Kier alpha value is -3.41. The average molecular weight is 457 g/mol. The number of sulfonamides is 1. The van der Waals surface area contributed by atoms with Crippen molar-refractivity contribution < 1.29 is 22.8 Å². The van der Waals surface area contributed by atoms with E-state index >= 15 is 0 Å². The van der Waals surface area contributed by atoms with Crippen LogP contribution in [0.5, 0.6) is 0 Å². The van der Waals surface area contributed by atoms with Gasteiger partial charge in [0.1, 0.15) is 6.54 Å². The van der Waals surface area contributed by atoms with Crippen LogP contribution in [0.25, 0.3) is 10.2 Å². The molecule has 0 saturated carbocycles. The lowest BCUT2D eigenvalue weighted by Crippen LogP contribution is -2.35. The number of aromatic nitrogens is 1. The van der Waals surface area contributed by atoms with Gasteiger partial charge in [-0.1, -0.05) is 29.5 Å². The van der Waals surface area contributed by atoms with Crippen molar-refractivity contribution in [3.05, 3.63) is 71.0 Å². The molecule has 0 aliphatic carbocycles. The molecule has 0 atom stereocenters. The SMILES string of the molecule is C=CCn1c(=NC(=O)CN2C(=O)c3ccccc3C2=O)sc2cc(S(N)(=O)=O)ccc21. The summed E-state index contributed by atoms with van der Waals surface area (Å²) in [4.78, 5) is 42.7. The van der Waals surface area contributed by atoms with Crippen molar-refractivity contribution in [2.75, 3.05) is 6.54 Å². The number of allylic oxidation sites excluding steroid dienone is 1. The fourth-order valence-electron chi connectivity index (χ4n) is 3.28. The molecule has 2 heterocycles. The number of hydrogen-bond donors (Lipinski definition) is 1. The molecule has 1 aromatic heterocycles. The molecule has 11 heteroatoms. The lowest BCUT2D eigenvalue weighted by Gasteiger charge is -2.10. The van der Waals surface area contributed by atoms with Gasteiger partial charge in [-0.2, -0.15) is 4.99 Å². The number of nitrogens with two attached hydrogens (primary N) is 1. The molecule has 1 aliphatic heterocycles. The third kappa shape index (κ3) is 3.74. The van der Waals surface area contributed by atoms with Crippen molar-refractivity contribution >= 4 is 49.3 Å². The lowest BCUT2D eigenvalue weighted by atomic mass is 10.1. The van der Waals surface area contributed by atoms with E-state index < -0.39 is 34.3 Å². The molecule has 0 saturated heterocycles. The minimum absolute atomic E-state index is 0.0593. The second-order valence-electron chi connectivity index (χ2n) is 6.71. The molecule has 0 unspecified atom stereocenters. The quantitative estimate of drug-likeness (QED) is 0.456. The van der Waals surface area contributed by atoms with Gasteiger partial charge >= 0.3 is 0 Å². The second-order valence-corrected chi connectivity index (χ2v) is 9.28. The molecule has 3 aromatic rings. The maximum absolute atomic E-state index is 12.6. The van der Waals surface area contributed by atoms with Crippen LogP contribution in [0.15, 0.2) is 65.0 Å². The molecule has 4 rings (SSSR count). The number of thiazole rings is 1. The van der Waals surface area contributed by atoms with Crippen LogP contribution in [0.4, 0.5) is 0 Å². The summed E-state index contributed by atoms with van der Waals surface area (Å²) in [6, 6.07) is 10.7. The molecule has 0 bridgehead atoms. The zero-order chi connectivity index (χ0) is 22.3. The first kappa shape index (κ1) is 20.8. The van der Waals surface area contributed by atoms with Crippen molar-refractivity contribution in [2.24, 2.45) is 10.1 Å². The molecule has 1 aliphatic rings. The fourth-order valence-corrected chi connectivity index (χ4v) is 4.99. The number of benzene rings is 2. The van der Waals surface area contributed by atoms with E-state index in [1.807, 2.05) is 0 Å². The van der Waals surface area contributed by atoms with E-state index in [2.05, 4.69) is 11.6 Å². The van der Waals surface area contributed by atoms with Crippen LogP contribution in [-0.4, -0.2) is 42.2 Å². The summed E-state index contributed by atoms with van der Waals surface area (Å²) in [5.41, 5.74) is 1.14. The molecule has 2 aromatic carbocycles. The Balaban J connectivity index is 1.71. The Morgan fingerprint density at radius 2 is 1.77 bits per heavy atom. The normalized spacial score (nSPS) is 14.4. The largest absolute Gasteiger partial charge is 0.313 e. The second kappa shape index (κ2) is 7.69. The number of rotatable bonds is 5. The summed E-state index contributed by atoms with van der Waals surface area (Å²) >= 11 is 1.09. The third-order valence-corrected chi connectivity index (χ3v) is 6.64. The summed E-state index contributed by atoms with van der Waals surface area (Å²) in [7, 11) is -3.89. The average Bonchev–Trinajstić information content (AvgIpc) is 3.18. The van der Waals surface area contributed by atoms with Gasteiger partial charge < -0.3 is 4.57 Å². The van der Waals surface area contributed by atoms with E-state index in [1.165, 1.54) is 24.3 Å². The topological polar surface area (TPSA) is 132 Å². The molecule has 158 valence electrons. The summed E-state index contributed by atoms with van der Waals surface area (Å²) in [6.45, 7) is 3.50. The zero-order valence-corrected chi connectivity index (χ0v) is 17.6. The highest BCUT2D eigenvalue weighted by Crippen LogP contribution is 2.23. The monoisotopic (exact) mass is 456 g/mol. The highest BCUT2D eigenvalue weighted by Gasteiger charge is 2.36. The number of imide groups is 1. The van der Waals surface area contributed by atoms with Crippen molar-refractivity contribution in [1.29, 1.82) is 0 Å². The maximum atomic E-state index is 12.6. The first-order valence-electron chi connectivity index (χ1n) is 9.00. The lowest BCUT2D eigenvalue weighted by molar-refractivity contribution is -0.118. The number of amides is 3. The standard InChI is InChI=1S/C20H16N4O5S2/c1-2-9-23-15-8-7-12(31(21,28)29)10-16(15)30-20(23)22-17(25)11-24-18(26)13-5-3-4-6-14(13)19(24)27/h2-8,10H,1,9,11H2,(H2,21,28,29). The number of hydrogen-bond acceptors (Lipinski definition) is 6. The van der Waals surface area contributed by atoms with Gasteiger partial charge in [0.05, 0.1) is 26.2 Å². The molecular weight excluding hydrogens is 440 g/mol. The Morgan fingerprint density at radius 3 is 2.35 bits per heavy atom. The van der Waals surface area contributed by atoms with Gasteiger partial charge in [-0.25, -0.2) is 13.6 Å². The minimum Gasteiger partial charge on any atom is -0.313 e. The van der Waals surface area contributed by atoms with Gasteiger partial charge in [-0.3, -0.25) is 19.3 Å². The molecule has 0 spiro atoms. The Labute approximate surface area is 180 Å². The number of carbonyl (C=O) groups excluding carboxylic acids is 3.